The molecule has 1 aromatic carbocycles. The molecule has 0 saturated heterocycles. The van der Waals surface area contributed by atoms with Gasteiger partial charge in [0.25, 0.3) is 5.88 Å². The Hall–Kier alpha value is -4.65. The molecular formula is C23H16FN7O2. The number of aromatic nitrogens is 5. The molecule has 0 unspecified atom stereocenters. The zero-order valence-electron chi connectivity index (χ0n) is 17.6. The van der Waals surface area contributed by atoms with Gasteiger partial charge in [0.1, 0.15) is 29.4 Å². The highest BCUT2D eigenvalue weighted by Gasteiger charge is 2.30. The van der Waals surface area contributed by atoms with E-state index in [0.717, 1.165) is 0 Å². The van der Waals surface area contributed by atoms with Crippen molar-refractivity contribution < 1.29 is 13.9 Å². The van der Waals surface area contributed by atoms with E-state index in [1.54, 1.807) is 38.4 Å². The lowest BCUT2D eigenvalue weighted by Gasteiger charge is -2.20. The Bertz CT molecular complexity index is 1490. The van der Waals surface area contributed by atoms with Crippen molar-refractivity contribution in [2.75, 3.05) is 5.73 Å². The molecule has 3 aromatic heterocycles. The molecule has 1 aliphatic heterocycles. The van der Waals surface area contributed by atoms with Crippen molar-refractivity contribution in [1.82, 2.24) is 24.7 Å². The lowest BCUT2D eigenvalue weighted by atomic mass is 9.93. The molecule has 162 valence electrons. The molecule has 4 heterocycles. The number of anilines is 1. The van der Waals surface area contributed by atoms with E-state index in [-0.39, 0.29) is 39.9 Å². The molecule has 2 bridgehead atoms. The smallest absolute Gasteiger partial charge is 0.258 e. The van der Waals surface area contributed by atoms with Gasteiger partial charge in [-0.05, 0) is 37.3 Å². The molecule has 4 aromatic rings. The highest BCUT2D eigenvalue weighted by atomic mass is 19.1. The number of pyridine rings is 1. The third-order valence-electron chi connectivity index (χ3n) is 5.44. The summed E-state index contributed by atoms with van der Waals surface area (Å²) in [4.78, 5) is 26.7. The molecule has 2 N–H and O–H groups in total. The second-order valence-electron chi connectivity index (χ2n) is 7.47. The number of hydrogen-bond acceptors (Lipinski definition) is 8. The summed E-state index contributed by atoms with van der Waals surface area (Å²) in [5, 5.41) is 14.1. The molecule has 0 fully saturated rings. The number of nitrogens with two attached hydrogens (primary N) is 1. The van der Waals surface area contributed by atoms with Crippen LogP contribution in [0.1, 0.15) is 40.3 Å². The van der Waals surface area contributed by atoms with Crippen LogP contribution in [0.5, 0.6) is 5.88 Å². The number of hydrogen-bond donors (Lipinski definition) is 1. The van der Waals surface area contributed by atoms with Crippen LogP contribution in [0.3, 0.4) is 0 Å². The fourth-order valence-corrected chi connectivity index (χ4v) is 3.89. The quantitative estimate of drug-likeness (QED) is 0.440. The van der Waals surface area contributed by atoms with E-state index in [2.05, 4.69) is 26.1 Å². The number of nitriles is 1. The van der Waals surface area contributed by atoms with Crippen LogP contribution in [-0.2, 0) is 7.05 Å². The van der Waals surface area contributed by atoms with Crippen LogP contribution in [0.4, 0.5) is 10.2 Å². The molecule has 0 amide bonds. The van der Waals surface area contributed by atoms with E-state index in [1.165, 1.54) is 23.0 Å². The van der Waals surface area contributed by atoms with Crippen molar-refractivity contribution in [2.24, 2.45) is 7.05 Å². The first-order valence-corrected chi connectivity index (χ1v) is 9.95. The number of carbonyl (C=O) groups excluding carboxylic acids is 1. The number of aryl methyl sites for hydroxylation is 1. The van der Waals surface area contributed by atoms with Crippen LogP contribution in [0.15, 0.2) is 42.7 Å². The van der Waals surface area contributed by atoms with E-state index in [9.17, 15) is 14.4 Å². The van der Waals surface area contributed by atoms with Gasteiger partial charge in [-0.1, -0.05) is 0 Å². The third kappa shape index (κ3) is 3.18. The Morgan fingerprint density at radius 1 is 1.21 bits per heavy atom. The fourth-order valence-electron chi connectivity index (χ4n) is 3.89. The van der Waals surface area contributed by atoms with E-state index in [1.807, 2.05) is 0 Å². The average molecular weight is 441 g/mol. The van der Waals surface area contributed by atoms with Crippen LogP contribution in [0.2, 0.25) is 0 Å². The largest absolute Gasteiger partial charge is 0.467 e. The highest BCUT2D eigenvalue weighted by Crippen LogP contribution is 2.37. The zero-order valence-corrected chi connectivity index (χ0v) is 17.6. The molecule has 0 radical (unpaired) electrons. The summed E-state index contributed by atoms with van der Waals surface area (Å²) >= 11 is 0. The van der Waals surface area contributed by atoms with Crippen molar-refractivity contribution in [3.8, 4) is 34.5 Å². The number of halogens is 1. The van der Waals surface area contributed by atoms with E-state index < -0.39 is 17.7 Å². The van der Waals surface area contributed by atoms with Gasteiger partial charge in [0.05, 0.1) is 28.7 Å². The molecule has 5 rings (SSSR count). The minimum Gasteiger partial charge on any atom is -0.467 e. The number of rotatable bonds is 0. The molecule has 1 atom stereocenters. The minimum absolute atomic E-state index is 0.00519. The Labute approximate surface area is 187 Å². The highest BCUT2D eigenvalue weighted by molar-refractivity contribution is 6.14. The van der Waals surface area contributed by atoms with Gasteiger partial charge in [-0.15, -0.1) is 0 Å². The molecule has 0 spiro atoms. The summed E-state index contributed by atoms with van der Waals surface area (Å²) in [5.74, 6) is -0.939. The Kier molecular flexibility index (Phi) is 4.60. The topological polar surface area (TPSA) is 133 Å². The minimum atomic E-state index is -0.712. The second-order valence-corrected chi connectivity index (χ2v) is 7.47. The van der Waals surface area contributed by atoms with Crippen LogP contribution in [0, 0.1) is 17.1 Å². The summed E-state index contributed by atoms with van der Waals surface area (Å²) in [6, 6.07) is 9.45. The summed E-state index contributed by atoms with van der Waals surface area (Å²) in [5.41, 5.74) is 8.07. The number of ketones is 1. The lowest BCUT2D eigenvalue weighted by molar-refractivity contribution is 0.103. The maximum absolute atomic E-state index is 14.2. The maximum Gasteiger partial charge on any atom is 0.258 e. The third-order valence-corrected chi connectivity index (χ3v) is 5.44. The van der Waals surface area contributed by atoms with E-state index in [0.29, 0.717) is 16.8 Å². The van der Waals surface area contributed by atoms with Gasteiger partial charge in [0, 0.05) is 24.4 Å². The summed E-state index contributed by atoms with van der Waals surface area (Å²) in [7, 11) is 1.56. The van der Waals surface area contributed by atoms with Gasteiger partial charge in [-0.2, -0.15) is 10.4 Å². The van der Waals surface area contributed by atoms with Gasteiger partial charge in [0.15, 0.2) is 5.82 Å². The van der Waals surface area contributed by atoms with Gasteiger partial charge >= 0.3 is 0 Å². The number of ether oxygens (including phenoxy) is 1. The number of nitrogen functional groups attached to an aromatic ring is 1. The molecule has 10 heteroatoms. The van der Waals surface area contributed by atoms with Gasteiger partial charge < -0.3 is 10.5 Å². The predicted molar refractivity (Wildman–Crippen MR) is 115 cm³/mol. The van der Waals surface area contributed by atoms with E-state index >= 15 is 0 Å². The molecule has 9 nitrogen and oxygen atoms in total. The predicted octanol–water partition coefficient (Wildman–Crippen LogP) is 3.22. The van der Waals surface area contributed by atoms with Gasteiger partial charge in [-0.3, -0.25) is 14.5 Å². The lowest BCUT2D eigenvalue weighted by Crippen LogP contribution is -2.13. The number of benzene rings is 1. The van der Waals surface area contributed by atoms with Crippen molar-refractivity contribution in [3.63, 3.8) is 0 Å². The summed E-state index contributed by atoms with van der Waals surface area (Å²) < 4.78 is 21.5. The van der Waals surface area contributed by atoms with Crippen LogP contribution < -0.4 is 10.5 Å². The number of carbonyl (C=O) groups is 1. The summed E-state index contributed by atoms with van der Waals surface area (Å²) in [6.07, 6.45) is 2.18. The first kappa shape index (κ1) is 20.3. The van der Waals surface area contributed by atoms with E-state index in [4.69, 9.17) is 10.5 Å². The van der Waals surface area contributed by atoms with Crippen molar-refractivity contribution in [1.29, 1.82) is 5.26 Å². The number of fused-ring (bicyclic) bond motifs is 7. The normalized spacial score (nSPS) is 14.6. The maximum atomic E-state index is 14.2. The Balaban J connectivity index is 1.90. The van der Waals surface area contributed by atoms with Gasteiger partial charge in [-0.25, -0.2) is 14.4 Å². The Morgan fingerprint density at radius 3 is 2.82 bits per heavy atom. The second kappa shape index (κ2) is 7.49. The molecule has 1 aliphatic rings. The molecular weight excluding hydrogens is 425 g/mol. The Morgan fingerprint density at radius 2 is 2.03 bits per heavy atom. The molecule has 0 saturated carbocycles. The molecule has 0 aliphatic carbocycles. The zero-order chi connectivity index (χ0) is 23.3. The van der Waals surface area contributed by atoms with Crippen LogP contribution in [-0.4, -0.2) is 30.5 Å². The summed E-state index contributed by atoms with van der Waals surface area (Å²) in [6.45, 7) is 1.71. The standard InChI is InChI=1S/C23H16FN7O2/c1-11-15-8-12(24)5-6-13(15)19-14(4-3-7-27-19)21(32)20-18(17(9-25)31(2)30-20)16-10-28-22(26)23(29-16)33-11/h3-8,10-11H,1-2H3,(H2,26,28)/t11-/m1/s1. The van der Waals surface area contributed by atoms with Crippen molar-refractivity contribution >= 4 is 11.6 Å². The first-order chi connectivity index (χ1) is 15.9. The van der Waals surface area contributed by atoms with Crippen LogP contribution >= 0.6 is 0 Å². The van der Waals surface area contributed by atoms with Crippen molar-refractivity contribution in [3.05, 3.63) is 71.1 Å². The van der Waals surface area contributed by atoms with Crippen LogP contribution in [0.25, 0.3) is 22.5 Å². The molecule has 33 heavy (non-hydrogen) atoms. The fraction of sp³-hybridized carbons (Fsp3) is 0.130. The van der Waals surface area contributed by atoms with Gasteiger partial charge in [0.2, 0.25) is 5.78 Å². The van der Waals surface area contributed by atoms with Crippen molar-refractivity contribution in [2.45, 2.75) is 13.0 Å². The monoisotopic (exact) mass is 441 g/mol. The SMILES string of the molecule is C[C@H]1Oc2nc(cnc2N)-c2c(nn(C)c2C#N)C(=O)c2cccnc2-c2ccc(F)cc21. The number of nitrogens with zero attached hydrogens (tertiary/aromatic N) is 6. The average Bonchev–Trinajstić information content (AvgIpc) is 3.15. The first-order valence-electron chi connectivity index (χ1n) is 9.95.